The van der Waals surface area contributed by atoms with Gasteiger partial charge in [-0.2, -0.15) is 0 Å². The number of halogens is 1. The molecule has 1 aromatic rings. The van der Waals surface area contributed by atoms with Gasteiger partial charge in [-0.3, -0.25) is 0 Å². The van der Waals surface area contributed by atoms with Gasteiger partial charge in [0.05, 0.1) is 0 Å². The fourth-order valence-electron chi connectivity index (χ4n) is 1.32. The van der Waals surface area contributed by atoms with Gasteiger partial charge >= 0.3 is 0 Å². The molecule has 3 heteroatoms. The Morgan fingerprint density at radius 2 is 1.86 bits per heavy atom. The Morgan fingerprint density at radius 3 is 2.36 bits per heavy atom. The zero-order chi connectivity index (χ0) is 10.6. The number of benzene rings is 1. The second kappa shape index (κ2) is 5.79. The van der Waals surface area contributed by atoms with Crippen LogP contribution in [0.25, 0.3) is 0 Å². The van der Waals surface area contributed by atoms with Crippen LogP contribution in [0, 0.1) is 0 Å². The lowest BCUT2D eigenvalue weighted by Crippen LogP contribution is -2.19. The van der Waals surface area contributed by atoms with E-state index in [0.29, 0.717) is 5.25 Å². The van der Waals surface area contributed by atoms with E-state index >= 15 is 0 Å². The SMILES string of the molecule is CC(N)CC(C)Sc1ccc(Br)cc1. The highest BCUT2D eigenvalue weighted by atomic mass is 79.9. The largest absolute Gasteiger partial charge is 0.328 e. The Labute approximate surface area is 98.6 Å². The quantitative estimate of drug-likeness (QED) is 0.848. The average molecular weight is 274 g/mol. The predicted octanol–water partition coefficient (Wildman–Crippen LogP) is 3.67. The maximum atomic E-state index is 5.75. The molecule has 0 fully saturated rings. The molecule has 2 unspecified atom stereocenters. The molecular formula is C11H16BrNS. The van der Waals surface area contributed by atoms with E-state index in [9.17, 15) is 0 Å². The molecule has 0 bridgehead atoms. The van der Waals surface area contributed by atoms with E-state index in [1.165, 1.54) is 4.90 Å². The second-order valence-electron chi connectivity index (χ2n) is 3.60. The van der Waals surface area contributed by atoms with Gasteiger partial charge in [0.25, 0.3) is 0 Å². The van der Waals surface area contributed by atoms with Gasteiger partial charge < -0.3 is 5.73 Å². The first-order chi connectivity index (χ1) is 6.58. The van der Waals surface area contributed by atoms with Crippen LogP contribution in [0.2, 0.25) is 0 Å². The summed E-state index contributed by atoms with van der Waals surface area (Å²) in [5.74, 6) is 0. The van der Waals surface area contributed by atoms with Gasteiger partial charge in [-0.25, -0.2) is 0 Å². The average Bonchev–Trinajstić information content (AvgIpc) is 2.07. The van der Waals surface area contributed by atoms with E-state index in [2.05, 4.69) is 54.0 Å². The minimum absolute atomic E-state index is 0.285. The molecule has 1 rings (SSSR count). The van der Waals surface area contributed by atoms with Crippen LogP contribution in [-0.4, -0.2) is 11.3 Å². The molecular weight excluding hydrogens is 258 g/mol. The molecule has 0 aliphatic carbocycles. The van der Waals surface area contributed by atoms with Crippen LogP contribution in [0.3, 0.4) is 0 Å². The molecule has 2 N–H and O–H groups in total. The lowest BCUT2D eigenvalue weighted by Gasteiger charge is -2.13. The molecule has 0 heterocycles. The molecule has 14 heavy (non-hydrogen) atoms. The first-order valence-corrected chi connectivity index (χ1v) is 6.43. The summed E-state index contributed by atoms with van der Waals surface area (Å²) in [4.78, 5) is 1.31. The maximum Gasteiger partial charge on any atom is 0.0176 e. The fourth-order valence-corrected chi connectivity index (χ4v) is 2.74. The van der Waals surface area contributed by atoms with Gasteiger partial charge in [0, 0.05) is 20.7 Å². The third-order valence-electron chi connectivity index (χ3n) is 1.85. The molecule has 0 radical (unpaired) electrons. The number of hydrogen-bond donors (Lipinski definition) is 1. The third-order valence-corrected chi connectivity index (χ3v) is 3.52. The molecule has 2 atom stereocenters. The van der Waals surface area contributed by atoms with Crippen molar-refractivity contribution in [2.75, 3.05) is 0 Å². The Morgan fingerprint density at radius 1 is 1.29 bits per heavy atom. The molecule has 1 nitrogen and oxygen atoms in total. The molecule has 78 valence electrons. The van der Waals surface area contributed by atoms with Gasteiger partial charge in [0.15, 0.2) is 0 Å². The second-order valence-corrected chi connectivity index (χ2v) is 6.02. The van der Waals surface area contributed by atoms with Crippen LogP contribution in [0.15, 0.2) is 33.6 Å². The topological polar surface area (TPSA) is 26.0 Å². The van der Waals surface area contributed by atoms with Gasteiger partial charge in [0.1, 0.15) is 0 Å². The van der Waals surface area contributed by atoms with Gasteiger partial charge in [-0.15, -0.1) is 11.8 Å². The van der Waals surface area contributed by atoms with Gasteiger partial charge in [-0.1, -0.05) is 22.9 Å². The maximum absolute atomic E-state index is 5.75. The Balaban J connectivity index is 2.47. The monoisotopic (exact) mass is 273 g/mol. The number of thioether (sulfide) groups is 1. The summed E-state index contributed by atoms with van der Waals surface area (Å²) in [5.41, 5.74) is 5.75. The van der Waals surface area contributed by atoms with Crippen LogP contribution in [0.4, 0.5) is 0 Å². The summed E-state index contributed by atoms with van der Waals surface area (Å²) in [7, 11) is 0. The highest BCUT2D eigenvalue weighted by Crippen LogP contribution is 2.26. The van der Waals surface area contributed by atoms with E-state index in [4.69, 9.17) is 5.73 Å². The van der Waals surface area contributed by atoms with E-state index < -0.39 is 0 Å². The minimum Gasteiger partial charge on any atom is -0.328 e. The molecule has 0 amide bonds. The molecule has 0 saturated heterocycles. The smallest absolute Gasteiger partial charge is 0.0176 e. The van der Waals surface area contributed by atoms with E-state index in [1.54, 1.807) is 0 Å². The highest BCUT2D eigenvalue weighted by molar-refractivity contribution is 9.10. The standard InChI is InChI=1S/C11H16BrNS/c1-8(13)7-9(2)14-11-5-3-10(12)4-6-11/h3-6,8-9H,7,13H2,1-2H3. The predicted molar refractivity (Wildman–Crippen MR) is 67.7 cm³/mol. The first-order valence-electron chi connectivity index (χ1n) is 4.75. The van der Waals surface area contributed by atoms with E-state index in [1.807, 2.05) is 11.8 Å². The molecule has 0 spiro atoms. The molecule has 0 aliphatic heterocycles. The zero-order valence-electron chi connectivity index (χ0n) is 8.53. The number of rotatable bonds is 4. The Hall–Kier alpha value is 0.01000. The van der Waals surface area contributed by atoms with Crippen molar-refractivity contribution in [1.82, 2.24) is 0 Å². The van der Waals surface area contributed by atoms with Crippen LogP contribution in [0.5, 0.6) is 0 Å². The van der Waals surface area contributed by atoms with Crippen LogP contribution in [0.1, 0.15) is 20.3 Å². The van der Waals surface area contributed by atoms with Crippen molar-refractivity contribution in [3.63, 3.8) is 0 Å². The highest BCUT2D eigenvalue weighted by Gasteiger charge is 2.06. The van der Waals surface area contributed by atoms with Crippen molar-refractivity contribution < 1.29 is 0 Å². The summed E-state index contributed by atoms with van der Waals surface area (Å²) in [6.45, 7) is 4.27. The third kappa shape index (κ3) is 4.49. The van der Waals surface area contributed by atoms with Gasteiger partial charge in [-0.05, 0) is 37.6 Å². The zero-order valence-corrected chi connectivity index (χ0v) is 10.9. The first kappa shape index (κ1) is 12.1. The normalized spacial score (nSPS) is 15.1. The summed E-state index contributed by atoms with van der Waals surface area (Å²) in [6, 6.07) is 8.69. The number of nitrogens with two attached hydrogens (primary N) is 1. The van der Waals surface area contributed by atoms with Crippen molar-refractivity contribution in [1.29, 1.82) is 0 Å². The van der Waals surface area contributed by atoms with Crippen LogP contribution >= 0.6 is 27.7 Å². The Kier molecular flexibility index (Phi) is 4.99. The van der Waals surface area contributed by atoms with Crippen molar-refractivity contribution in [3.8, 4) is 0 Å². The Bertz CT molecular complexity index is 271. The summed E-state index contributed by atoms with van der Waals surface area (Å²) in [5, 5.41) is 0.580. The van der Waals surface area contributed by atoms with Crippen molar-refractivity contribution in [2.24, 2.45) is 5.73 Å². The molecule has 0 aliphatic rings. The summed E-state index contributed by atoms with van der Waals surface area (Å²) >= 11 is 5.30. The lowest BCUT2D eigenvalue weighted by molar-refractivity contribution is 0.663. The fraction of sp³-hybridized carbons (Fsp3) is 0.455. The molecule has 1 aromatic carbocycles. The molecule has 0 saturated carbocycles. The van der Waals surface area contributed by atoms with Crippen LogP contribution in [-0.2, 0) is 0 Å². The van der Waals surface area contributed by atoms with Gasteiger partial charge in [0.2, 0.25) is 0 Å². The van der Waals surface area contributed by atoms with Crippen molar-refractivity contribution in [2.45, 2.75) is 36.5 Å². The van der Waals surface area contributed by atoms with E-state index in [-0.39, 0.29) is 6.04 Å². The van der Waals surface area contributed by atoms with E-state index in [0.717, 1.165) is 10.9 Å². The lowest BCUT2D eigenvalue weighted by atomic mass is 10.2. The summed E-state index contributed by atoms with van der Waals surface area (Å²) in [6.07, 6.45) is 1.06. The minimum atomic E-state index is 0.285. The van der Waals surface area contributed by atoms with Crippen LogP contribution < -0.4 is 5.73 Å². The van der Waals surface area contributed by atoms with Crippen molar-refractivity contribution in [3.05, 3.63) is 28.7 Å². The van der Waals surface area contributed by atoms with Crippen molar-refractivity contribution >= 4 is 27.7 Å². The summed E-state index contributed by atoms with van der Waals surface area (Å²) < 4.78 is 1.13. The number of hydrogen-bond acceptors (Lipinski definition) is 2. The molecule has 0 aromatic heterocycles.